The molecule has 0 saturated heterocycles. The van der Waals surface area contributed by atoms with Gasteiger partial charge in [0.2, 0.25) is 0 Å². The number of hydrogen-bond donors (Lipinski definition) is 2. The van der Waals surface area contributed by atoms with Crippen molar-refractivity contribution in [3.63, 3.8) is 0 Å². The first-order valence-electron chi connectivity index (χ1n) is 4.15. The Bertz CT molecular complexity index is 375. The Labute approximate surface area is 85.9 Å². The molecule has 0 spiro atoms. The number of aliphatic hydroxyl groups is 1. The molecule has 0 aliphatic heterocycles. The van der Waals surface area contributed by atoms with Crippen LogP contribution in [0.3, 0.4) is 0 Å². The van der Waals surface area contributed by atoms with Crippen molar-refractivity contribution in [3.05, 3.63) is 29.3 Å². The van der Waals surface area contributed by atoms with E-state index in [2.05, 4.69) is 0 Å². The van der Waals surface area contributed by atoms with Crippen molar-refractivity contribution < 1.29 is 24.5 Å². The van der Waals surface area contributed by atoms with Crippen molar-refractivity contribution in [3.8, 4) is 5.75 Å². The fourth-order valence-corrected chi connectivity index (χ4v) is 1.12. The maximum Gasteiger partial charge on any atom is 0.377 e. The number of carbonyl (C=O) groups excluding carboxylic acids is 1. The molecule has 1 aromatic carbocycles. The van der Waals surface area contributed by atoms with Crippen LogP contribution in [0.2, 0.25) is 0 Å². The van der Waals surface area contributed by atoms with E-state index in [1.807, 2.05) is 0 Å². The largest absolute Gasteiger partial charge is 0.497 e. The van der Waals surface area contributed by atoms with E-state index in [1.54, 1.807) is 0 Å². The molecule has 0 atom stereocenters. The first-order valence-corrected chi connectivity index (χ1v) is 4.15. The number of benzene rings is 1. The highest BCUT2D eigenvalue weighted by molar-refractivity contribution is 6.39. The first kappa shape index (κ1) is 11.2. The third kappa shape index (κ3) is 2.54. The third-order valence-electron chi connectivity index (χ3n) is 1.84. The average molecular weight is 210 g/mol. The number of carboxylic acid groups (broad SMARTS) is 1. The Balaban J connectivity index is 3.17. The predicted octanol–water partition coefficient (Wildman–Crippen LogP) is 0.455. The van der Waals surface area contributed by atoms with Gasteiger partial charge in [-0.1, -0.05) is 0 Å². The van der Waals surface area contributed by atoms with Crippen LogP contribution < -0.4 is 4.74 Å². The Morgan fingerprint density at radius 1 is 1.33 bits per heavy atom. The number of rotatable bonds is 4. The number of carbonyl (C=O) groups is 2. The lowest BCUT2D eigenvalue weighted by molar-refractivity contribution is -0.131. The van der Waals surface area contributed by atoms with E-state index in [4.69, 9.17) is 14.9 Å². The van der Waals surface area contributed by atoms with E-state index in [9.17, 15) is 9.59 Å². The lowest BCUT2D eigenvalue weighted by atomic mass is 10.1. The van der Waals surface area contributed by atoms with Gasteiger partial charge in [0.25, 0.3) is 5.78 Å². The van der Waals surface area contributed by atoms with Crippen LogP contribution in [0.15, 0.2) is 18.2 Å². The van der Waals surface area contributed by atoms with E-state index in [1.165, 1.54) is 25.3 Å². The zero-order valence-electron chi connectivity index (χ0n) is 8.06. The summed E-state index contributed by atoms with van der Waals surface area (Å²) in [4.78, 5) is 21.6. The topological polar surface area (TPSA) is 83.8 Å². The standard InChI is InChI=1S/C10H10O5/c1-15-8-3-6(5-11)2-7(4-8)9(12)10(13)14/h2-4,11H,5H2,1H3,(H,13,14). The van der Waals surface area contributed by atoms with Crippen LogP contribution in [0.5, 0.6) is 5.75 Å². The van der Waals surface area contributed by atoms with Crippen molar-refractivity contribution in [2.75, 3.05) is 7.11 Å². The molecule has 0 unspecified atom stereocenters. The molecule has 0 radical (unpaired) electrons. The molecule has 0 aliphatic carbocycles. The maximum atomic E-state index is 11.1. The molecule has 0 bridgehead atoms. The smallest absolute Gasteiger partial charge is 0.377 e. The Hall–Kier alpha value is -1.88. The highest BCUT2D eigenvalue weighted by atomic mass is 16.5. The molecule has 80 valence electrons. The van der Waals surface area contributed by atoms with E-state index in [0.717, 1.165) is 0 Å². The quantitative estimate of drug-likeness (QED) is 0.557. The average Bonchev–Trinajstić information content (AvgIpc) is 2.27. The molecule has 0 saturated carbocycles. The van der Waals surface area contributed by atoms with Crippen molar-refractivity contribution in [1.29, 1.82) is 0 Å². The van der Waals surface area contributed by atoms with Gasteiger partial charge in [-0.25, -0.2) is 4.79 Å². The molecule has 5 nitrogen and oxygen atoms in total. The van der Waals surface area contributed by atoms with Gasteiger partial charge in [-0.15, -0.1) is 0 Å². The summed E-state index contributed by atoms with van der Waals surface area (Å²) in [6.45, 7) is -0.281. The molecule has 5 heteroatoms. The Morgan fingerprint density at radius 2 is 2.00 bits per heavy atom. The van der Waals surface area contributed by atoms with Gasteiger partial charge >= 0.3 is 5.97 Å². The summed E-state index contributed by atoms with van der Waals surface area (Å²) < 4.78 is 4.87. The van der Waals surface area contributed by atoms with E-state index in [0.29, 0.717) is 11.3 Å². The SMILES string of the molecule is COc1cc(CO)cc(C(=O)C(=O)O)c1. The van der Waals surface area contributed by atoms with Crippen LogP contribution in [-0.2, 0) is 11.4 Å². The number of aliphatic carboxylic acids is 1. The summed E-state index contributed by atoms with van der Waals surface area (Å²) >= 11 is 0. The third-order valence-corrected chi connectivity index (χ3v) is 1.84. The second kappa shape index (κ2) is 4.56. The number of hydrogen-bond acceptors (Lipinski definition) is 4. The van der Waals surface area contributed by atoms with Gasteiger partial charge in [0.05, 0.1) is 13.7 Å². The number of aliphatic hydroxyl groups excluding tert-OH is 1. The second-order valence-corrected chi connectivity index (χ2v) is 2.86. The number of methoxy groups -OCH3 is 1. The summed E-state index contributed by atoms with van der Waals surface area (Å²) in [5, 5.41) is 17.4. The molecular weight excluding hydrogens is 200 g/mol. The minimum Gasteiger partial charge on any atom is -0.497 e. The van der Waals surface area contributed by atoms with Crippen LogP contribution in [0.1, 0.15) is 15.9 Å². The van der Waals surface area contributed by atoms with Gasteiger partial charge in [-0.05, 0) is 23.8 Å². The van der Waals surface area contributed by atoms with Gasteiger partial charge in [-0.2, -0.15) is 0 Å². The first-order chi connectivity index (χ1) is 7.08. The zero-order chi connectivity index (χ0) is 11.4. The second-order valence-electron chi connectivity index (χ2n) is 2.86. The fourth-order valence-electron chi connectivity index (χ4n) is 1.12. The lowest BCUT2D eigenvalue weighted by Gasteiger charge is -2.05. The predicted molar refractivity (Wildman–Crippen MR) is 50.9 cm³/mol. The van der Waals surface area contributed by atoms with Gasteiger partial charge < -0.3 is 14.9 Å². The molecule has 15 heavy (non-hydrogen) atoms. The fraction of sp³-hybridized carbons (Fsp3) is 0.200. The van der Waals surface area contributed by atoms with Crippen LogP contribution in [-0.4, -0.2) is 29.1 Å². The minimum absolute atomic E-state index is 0.00843. The number of ether oxygens (including phenoxy) is 1. The Morgan fingerprint density at radius 3 is 2.47 bits per heavy atom. The van der Waals surface area contributed by atoms with Crippen LogP contribution >= 0.6 is 0 Å². The number of Topliss-reactive ketones (excluding diaryl/α,β-unsaturated/α-hetero) is 1. The van der Waals surface area contributed by atoms with Crippen molar-refractivity contribution >= 4 is 11.8 Å². The van der Waals surface area contributed by atoms with E-state index >= 15 is 0 Å². The summed E-state index contributed by atoms with van der Waals surface area (Å²) in [6, 6.07) is 4.16. The number of carboxylic acids is 1. The zero-order valence-corrected chi connectivity index (χ0v) is 8.06. The molecule has 0 aromatic heterocycles. The van der Waals surface area contributed by atoms with Crippen LogP contribution in [0, 0.1) is 0 Å². The maximum absolute atomic E-state index is 11.1. The molecule has 2 N–H and O–H groups in total. The van der Waals surface area contributed by atoms with Crippen molar-refractivity contribution in [2.45, 2.75) is 6.61 Å². The molecule has 1 aromatic rings. The highest BCUT2D eigenvalue weighted by Crippen LogP contribution is 2.17. The highest BCUT2D eigenvalue weighted by Gasteiger charge is 2.16. The molecule has 0 heterocycles. The molecule has 0 fully saturated rings. The minimum atomic E-state index is -1.54. The van der Waals surface area contributed by atoms with Crippen LogP contribution in [0.25, 0.3) is 0 Å². The van der Waals surface area contributed by atoms with E-state index in [-0.39, 0.29) is 12.2 Å². The van der Waals surface area contributed by atoms with Gasteiger partial charge in [0.1, 0.15) is 5.75 Å². The van der Waals surface area contributed by atoms with Gasteiger partial charge in [0.15, 0.2) is 0 Å². The summed E-state index contributed by atoms with van der Waals surface area (Å²) in [5.74, 6) is -2.22. The number of ketones is 1. The molecule has 1 rings (SSSR count). The molecule has 0 amide bonds. The lowest BCUT2D eigenvalue weighted by Crippen LogP contribution is -2.13. The van der Waals surface area contributed by atoms with Gasteiger partial charge in [0, 0.05) is 5.56 Å². The van der Waals surface area contributed by atoms with E-state index < -0.39 is 11.8 Å². The monoisotopic (exact) mass is 210 g/mol. The normalized spacial score (nSPS) is 9.73. The summed E-state index contributed by atoms with van der Waals surface area (Å²) in [6.07, 6.45) is 0. The summed E-state index contributed by atoms with van der Waals surface area (Å²) in [7, 11) is 1.39. The van der Waals surface area contributed by atoms with Crippen molar-refractivity contribution in [1.82, 2.24) is 0 Å². The van der Waals surface area contributed by atoms with Crippen molar-refractivity contribution in [2.24, 2.45) is 0 Å². The molecular formula is C10H10O5. The van der Waals surface area contributed by atoms with Crippen LogP contribution in [0.4, 0.5) is 0 Å². The summed E-state index contributed by atoms with van der Waals surface area (Å²) in [5.41, 5.74) is 0.421. The van der Waals surface area contributed by atoms with Gasteiger partial charge in [-0.3, -0.25) is 4.79 Å². The molecule has 0 aliphatic rings. The Kier molecular flexibility index (Phi) is 3.41.